The molecule has 0 saturated carbocycles. The Morgan fingerprint density at radius 2 is 1.92 bits per heavy atom. The third-order valence-electron chi connectivity index (χ3n) is 4.08. The molecular formula is C19H21BrN4. The fraction of sp³-hybridized carbons (Fsp3) is 0.263. The Balaban J connectivity index is 0.00000208. The Morgan fingerprint density at radius 3 is 2.62 bits per heavy atom. The Bertz CT molecular complexity index is 747. The van der Waals surface area contributed by atoms with E-state index in [2.05, 4.69) is 52.5 Å². The van der Waals surface area contributed by atoms with E-state index in [1.807, 2.05) is 24.3 Å². The third kappa shape index (κ3) is 3.95. The molecule has 0 unspecified atom stereocenters. The molecule has 24 heavy (non-hydrogen) atoms. The maximum absolute atomic E-state index is 9.21. The molecule has 0 spiro atoms. The van der Waals surface area contributed by atoms with Gasteiger partial charge in [-0.3, -0.25) is 4.99 Å². The van der Waals surface area contributed by atoms with Gasteiger partial charge in [-0.25, -0.2) is 0 Å². The number of benzene rings is 2. The summed E-state index contributed by atoms with van der Waals surface area (Å²) in [5, 5.41) is 12.6. The number of nitriles is 1. The van der Waals surface area contributed by atoms with Crippen LogP contribution in [0.15, 0.2) is 53.5 Å². The summed E-state index contributed by atoms with van der Waals surface area (Å²) in [7, 11) is 0. The van der Waals surface area contributed by atoms with Crippen LogP contribution in [-0.2, 0) is 6.54 Å². The molecule has 0 saturated heterocycles. The Morgan fingerprint density at radius 1 is 1.17 bits per heavy atom. The van der Waals surface area contributed by atoms with Crippen molar-refractivity contribution in [2.24, 2.45) is 4.99 Å². The maximum atomic E-state index is 9.21. The minimum atomic E-state index is 0. The number of hydrogen-bond acceptors (Lipinski definition) is 4. The second-order valence-corrected chi connectivity index (χ2v) is 5.49. The molecule has 0 aromatic heterocycles. The molecular weight excluding hydrogens is 364 g/mol. The van der Waals surface area contributed by atoms with Crippen molar-refractivity contribution in [2.45, 2.75) is 13.5 Å². The van der Waals surface area contributed by atoms with E-state index in [9.17, 15) is 5.26 Å². The van der Waals surface area contributed by atoms with E-state index in [-0.39, 0.29) is 17.0 Å². The van der Waals surface area contributed by atoms with E-state index in [1.165, 1.54) is 5.56 Å². The quantitative estimate of drug-likeness (QED) is 0.875. The standard InChI is InChI=1S/C19H20N4.BrH/c1-2-23-12-11-21-19(23)22-14-15-7-9-16(10-8-15)18-6-4-3-5-17(18)13-20;/h3-10H,2,11-12,14H2,1H3,(H,21,22);1H. The van der Waals surface area contributed by atoms with E-state index in [0.29, 0.717) is 5.56 Å². The molecule has 0 amide bonds. The van der Waals surface area contributed by atoms with Gasteiger partial charge in [0.1, 0.15) is 0 Å². The number of hydrogen-bond donors (Lipinski definition) is 1. The highest BCUT2D eigenvalue weighted by Gasteiger charge is 2.14. The molecule has 1 aliphatic heterocycles. The first-order chi connectivity index (χ1) is 11.3. The second kappa shape index (κ2) is 8.51. The van der Waals surface area contributed by atoms with Crippen LogP contribution in [0.4, 0.5) is 0 Å². The average Bonchev–Trinajstić information content (AvgIpc) is 3.08. The van der Waals surface area contributed by atoms with Crippen LogP contribution in [0.1, 0.15) is 18.1 Å². The summed E-state index contributed by atoms with van der Waals surface area (Å²) in [5.74, 6) is 0.992. The lowest BCUT2D eigenvalue weighted by Crippen LogP contribution is -2.37. The topological polar surface area (TPSA) is 51.4 Å². The van der Waals surface area contributed by atoms with E-state index in [4.69, 9.17) is 0 Å². The van der Waals surface area contributed by atoms with Crippen LogP contribution < -0.4 is 5.32 Å². The van der Waals surface area contributed by atoms with Gasteiger partial charge >= 0.3 is 0 Å². The van der Waals surface area contributed by atoms with E-state index < -0.39 is 0 Å². The summed E-state index contributed by atoms with van der Waals surface area (Å²) in [4.78, 5) is 6.73. The maximum Gasteiger partial charge on any atom is 0.194 e. The number of aliphatic imine (C=N–C) groups is 1. The van der Waals surface area contributed by atoms with Gasteiger partial charge in [-0.05, 0) is 29.7 Å². The number of halogens is 1. The van der Waals surface area contributed by atoms with Gasteiger partial charge in [-0.1, -0.05) is 42.5 Å². The molecule has 0 bridgehead atoms. The Kier molecular flexibility index (Phi) is 6.39. The summed E-state index contributed by atoms with van der Waals surface area (Å²) in [6, 6.07) is 18.3. The summed E-state index contributed by atoms with van der Waals surface area (Å²) in [5.41, 5.74) is 3.96. The number of guanidine groups is 1. The zero-order chi connectivity index (χ0) is 16.1. The summed E-state index contributed by atoms with van der Waals surface area (Å²) in [6.45, 7) is 5.76. The van der Waals surface area contributed by atoms with Crippen molar-refractivity contribution < 1.29 is 0 Å². The highest BCUT2D eigenvalue weighted by atomic mass is 79.9. The number of nitrogens with one attached hydrogen (secondary N) is 1. The van der Waals surface area contributed by atoms with Crippen LogP contribution in [0.25, 0.3) is 11.1 Å². The Hall–Kier alpha value is -2.32. The summed E-state index contributed by atoms with van der Waals surface area (Å²) in [6.07, 6.45) is 0. The van der Waals surface area contributed by atoms with Crippen molar-refractivity contribution in [3.05, 3.63) is 59.7 Å². The van der Waals surface area contributed by atoms with Gasteiger partial charge in [0.25, 0.3) is 0 Å². The first-order valence-electron chi connectivity index (χ1n) is 7.93. The highest BCUT2D eigenvalue weighted by Crippen LogP contribution is 2.23. The molecule has 4 nitrogen and oxygen atoms in total. The molecule has 0 aliphatic carbocycles. The first kappa shape index (κ1) is 18.0. The largest absolute Gasteiger partial charge is 0.352 e. The van der Waals surface area contributed by atoms with Gasteiger partial charge in [-0.15, -0.1) is 17.0 Å². The molecule has 1 heterocycles. The molecule has 1 N–H and O–H groups in total. The van der Waals surface area contributed by atoms with Gasteiger partial charge in [0.2, 0.25) is 0 Å². The van der Waals surface area contributed by atoms with Crippen molar-refractivity contribution in [3.63, 3.8) is 0 Å². The van der Waals surface area contributed by atoms with Crippen LogP contribution in [0.3, 0.4) is 0 Å². The fourth-order valence-corrected chi connectivity index (χ4v) is 2.77. The van der Waals surface area contributed by atoms with Crippen molar-refractivity contribution in [2.75, 3.05) is 19.6 Å². The molecule has 3 rings (SSSR count). The lowest BCUT2D eigenvalue weighted by molar-refractivity contribution is 0.466. The lowest BCUT2D eigenvalue weighted by atomic mass is 9.99. The predicted molar refractivity (Wildman–Crippen MR) is 103 cm³/mol. The van der Waals surface area contributed by atoms with E-state index in [1.54, 1.807) is 0 Å². The number of likely N-dealkylation sites (N-methyl/N-ethyl adjacent to an activating group) is 1. The summed E-state index contributed by atoms with van der Waals surface area (Å²) < 4.78 is 0. The molecule has 124 valence electrons. The zero-order valence-electron chi connectivity index (χ0n) is 13.7. The Labute approximate surface area is 153 Å². The monoisotopic (exact) mass is 384 g/mol. The first-order valence-corrected chi connectivity index (χ1v) is 7.93. The van der Waals surface area contributed by atoms with Gasteiger partial charge < -0.3 is 10.2 Å². The molecule has 0 fully saturated rings. The van der Waals surface area contributed by atoms with Crippen LogP contribution in [-0.4, -0.2) is 30.5 Å². The minimum Gasteiger partial charge on any atom is -0.352 e. The van der Waals surface area contributed by atoms with Crippen LogP contribution in [0.2, 0.25) is 0 Å². The average molecular weight is 385 g/mol. The van der Waals surface area contributed by atoms with Gasteiger partial charge in [0.15, 0.2) is 5.96 Å². The summed E-state index contributed by atoms with van der Waals surface area (Å²) >= 11 is 0. The molecule has 5 heteroatoms. The van der Waals surface area contributed by atoms with Crippen LogP contribution in [0.5, 0.6) is 0 Å². The number of nitrogens with zero attached hydrogens (tertiary/aromatic N) is 3. The number of rotatable bonds is 4. The third-order valence-corrected chi connectivity index (χ3v) is 4.08. The molecule has 0 atom stereocenters. The van der Waals surface area contributed by atoms with Gasteiger partial charge in [0.05, 0.1) is 18.2 Å². The molecule has 2 aromatic carbocycles. The van der Waals surface area contributed by atoms with Crippen molar-refractivity contribution in [1.29, 1.82) is 5.26 Å². The highest BCUT2D eigenvalue weighted by molar-refractivity contribution is 8.93. The van der Waals surface area contributed by atoms with Crippen LogP contribution in [0, 0.1) is 11.3 Å². The van der Waals surface area contributed by atoms with Crippen LogP contribution >= 0.6 is 17.0 Å². The fourth-order valence-electron chi connectivity index (χ4n) is 2.77. The SMILES string of the molecule is Br.CCN1CCN=C1NCc1ccc(-c2ccccc2C#N)cc1. The smallest absolute Gasteiger partial charge is 0.194 e. The molecule has 2 aromatic rings. The van der Waals surface area contributed by atoms with Crippen molar-refractivity contribution in [3.8, 4) is 17.2 Å². The zero-order valence-corrected chi connectivity index (χ0v) is 15.4. The van der Waals surface area contributed by atoms with E-state index in [0.717, 1.165) is 43.3 Å². The van der Waals surface area contributed by atoms with Crippen molar-refractivity contribution >= 4 is 22.9 Å². The normalized spacial score (nSPS) is 13.0. The predicted octanol–water partition coefficient (Wildman–Crippen LogP) is 3.58. The minimum absolute atomic E-state index is 0. The molecule has 0 radical (unpaired) electrons. The van der Waals surface area contributed by atoms with Gasteiger partial charge in [0, 0.05) is 19.6 Å². The second-order valence-electron chi connectivity index (χ2n) is 5.49. The van der Waals surface area contributed by atoms with Gasteiger partial charge in [-0.2, -0.15) is 5.26 Å². The van der Waals surface area contributed by atoms with Crippen molar-refractivity contribution in [1.82, 2.24) is 10.2 Å². The molecule has 1 aliphatic rings. The van der Waals surface area contributed by atoms with E-state index >= 15 is 0 Å². The lowest BCUT2D eigenvalue weighted by Gasteiger charge is -2.19.